The van der Waals surface area contributed by atoms with Gasteiger partial charge in [0.2, 0.25) is 11.8 Å². The first kappa shape index (κ1) is 12.0. The van der Waals surface area contributed by atoms with Crippen molar-refractivity contribution in [3.8, 4) is 0 Å². The van der Waals surface area contributed by atoms with Gasteiger partial charge in [-0.25, -0.2) is 0 Å². The van der Waals surface area contributed by atoms with E-state index in [1.807, 2.05) is 0 Å². The summed E-state index contributed by atoms with van der Waals surface area (Å²) in [5.41, 5.74) is 0. The summed E-state index contributed by atoms with van der Waals surface area (Å²) in [6, 6.07) is 0. The maximum atomic E-state index is 11.6. The zero-order chi connectivity index (χ0) is 11.1. The minimum absolute atomic E-state index is 0.0176. The minimum atomic E-state index is -0.139. The molecule has 0 unspecified atom stereocenters. The summed E-state index contributed by atoms with van der Waals surface area (Å²) in [6.45, 7) is 4.40. The molecule has 15 heavy (non-hydrogen) atoms. The van der Waals surface area contributed by atoms with E-state index >= 15 is 0 Å². The zero-order valence-electron chi connectivity index (χ0n) is 9.42. The lowest BCUT2D eigenvalue weighted by molar-refractivity contribution is -0.135. The fourth-order valence-corrected chi connectivity index (χ4v) is 1.68. The monoisotopic (exact) mass is 212 g/mol. The van der Waals surface area contributed by atoms with Crippen LogP contribution in [0, 0.1) is 0 Å². The van der Waals surface area contributed by atoms with Crippen molar-refractivity contribution >= 4 is 11.8 Å². The quantitative estimate of drug-likeness (QED) is 0.544. The van der Waals surface area contributed by atoms with E-state index in [2.05, 4.69) is 12.2 Å². The van der Waals surface area contributed by atoms with E-state index in [0.717, 1.165) is 38.8 Å². The van der Waals surface area contributed by atoms with Crippen molar-refractivity contribution in [2.45, 2.75) is 39.0 Å². The Morgan fingerprint density at radius 1 is 1.27 bits per heavy atom. The number of likely N-dealkylation sites (tertiary alicyclic amines) is 1. The average molecular weight is 212 g/mol. The van der Waals surface area contributed by atoms with Crippen LogP contribution < -0.4 is 5.32 Å². The fourth-order valence-electron chi connectivity index (χ4n) is 1.68. The molecule has 0 atom stereocenters. The second-order valence-corrected chi connectivity index (χ2v) is 3.97. The first-order valence-electron chi connectivity index (χ1n) is 5.78. The fraction of sp³-hybridized carbons (Fsp3) is 0.818. The van der Waals surface area contributed by atoms with Crippen molar-refractivity contribution < 1.29 is 9.59 Å². The highest BCUT2D eigenvalue weighted by atomic mass is 16.2. The molecular formula is C11H20N2O2. The van der Waals surface area contributed by atoms with Gasteiger partial charge in [-0.05, 0) is 19.3 Å². The number of carbonyl (C=O) groups excluding carboxylic acids is 2. The van der Waals surface area contributed by atoms with Crippen molar-refractivity contribution in [3.05, 3.63) is 0 Å². The Kier molecular flexibility index (Phi) is 5.15. The van der Waals surface area contributed by atoms with Gasteiger partial charge in [0.05, 0.1) is 0 Å². The summed E-state index contributed by atoms with van der Waals surface area (Å²) < 4.78 is 0. The molecule has 0 saturated carbocycles. The normalized spacial score (nSPS) is 15.4. The number of nitrogens with one attached hydrogen (secondary N) is 1. The third kappa shape index (κ3) is 4.32. The van der Waals surface area contributed by atoms with Gasteiger partial charge in [0.25, 0.3) is 0 Å². The zero-order valence-corrected chi connectivity index (χ0v) is 9.42. The molecule has 1 aliphatic rings. The largest absolute Gasteiger partial charge is 0.356 e. The molecule has 0 aromatic rings. The topological polar surface area (TPSA) is 49.4 Å². The number of rotatable bonds is 5. The highest BCUT2D eigenvalue weighted by molar-refractivity contribution is 5.96. The average Bonchev–Trinajstić information content (AvgIpc) is 2.70. The maximum Gasteiger partial charge on any atom is 0.232 e. The van der Waals surface area contributed by atoms with E-state index in [4.69, 9.17) is 0 Å². The Bertz CT molecular complexity index is 223. The van der Waals surface area contributed by atoms with Gasteiger partial charge in [-0.3, -0.25) is 9.59 Å². The Hall–Kier alpha value is -1.06. The number of hydrogen-bond donors (Lipinski definition) is 1. The Morgan fingerprint density at radius 3 is 2.53 bits per heavy atom. The van der Waals surface area contributed by atoms with E-state index in [9.17, 15) is 9.59 Å². The molecule has 0 bridgehead atoms. The van der Waals surface area contributed by atoms with E-state index < -0.39 is 0 Å². The van der Waals surface area contributed by atoms with Crippen molar-refractivity contribution in [2.75, 3.05) is 19.6 Å². The van der Waals surface area contributed by atoms with Crippen molar-refractivity contribution in [1.29, 1.82) is 0 Å². The molecule has 1 saturated heterocycles. The Morgan fingerprint density at radius 2 is 1.93 bits per heavy atom. The van der Waals surface area contributed by atoms with Crippen LogP contribution in [0.5, 0.6) is 0 Å². The molecule has 1 heterocycles. The van der Waals surface area contributed by atoms with Gasteiger partial charge in [-0.2, -0.15) is 0 Å². The molecule has 0 aliphatic carbocycles. The maximum absolute atomic E-state index is 11.6. The van der Waals surface area contributed by atoms with Gasteiger partial charge < -0.3 is 10.2 Å². The Labute approximate surface area is 91.0 Å². The van der Waals surface area contributed by atoms with Crippen LogP contribution in [-0.2, 0) is 9.59 Å². The molecule has 1 aliphatic heterocycles. The number of nitrogens with zero attached hydrogens (tertiary/aromatic N) is 1. The van der Waals surface area contributed by atoms with Crippen LogP contribution >= 0.6 is 0 Å². The second kappa shape index (κ2) is 6.43. The van der Waals surface area contributed by atoms with Gasteiger partial charge in [0.15, 0.2) is 0 Å². The van der Waals surface area contributed by atoms with Crippen LogP contribution in [0.1, 0.15) is 39.0 Å². The van der Waals surface area contributed by atoms with Crippen LogP contribution in [0.15, 0.2) is 0 Å². The summed E-state index contributed by atoms with van der Waals surface area (Å²) >= 11 is 0. The van der Waals surface area contributed by atoms with Gasteiger partial charge in [-0.15, -0.1) is 0 Å². The van der Waals surface area contributed by atoms with Gasteiger partial charge in [0.1, 0.15) is 6.42 Å². The van der Waals surface area contributed by atoms with E-state index in [0.29, 0.717) is 6.54 Å². The third-order valence-corrected chi connectivity index (χ3v) is 2.62. The minimum Gasteiger partial charge on any atom is -0.356 e. The van der Waals surface area contributed by atoms with Gasteiger partial charge in [0, 0.05) is 19.6 Å². The predicted octanol–water partition coefficient (Wildman–Crippen LogP) is 0.915. The lowest BCUT2D eigenvalue weighted by Gasteiger charge is -2.14. The summed E-state index contributed by atoms with van der Waals surface area (Å²) in [5, 5.41) is 2.75. The third-order valence-electron chi connectivity index (χ3n) is 2.62. The standard InChI is InChI=1S/C11H20N2O2/c1-2-3-6-12-10(14)9-11(15)13-7-4-5-8-13/h2-9H2,1H3,(H,12,14). The molecule has 1 N–H and O–H groups in total. The van der Waals surface area contributed by atoms with E-state index in [1.54, 1.807) is 4.90 Å². The molecule has 0 aromatic carbocycles. The van der Waals surface area contributed by atoms with Crippen LogP contribution in [0.2, 0.25) is 0 Å². The van der Waals surface area contributed by atoms with Crippen LogP contribution in [0.3, 0.4) is 0 Å². The number of hydrogen-bond acceptors (Lipinski definition) is 2. The summed E-state index contributed by atoms with van der Waals surface area (Å²) in [6.07, 6.45) is 4.19. The molecule has 0 aromatic heterocycles. The molecule has 4 heteroatoms. The molecule has 0 radical (unpaired) electrons. The molecule has 0 spiro atoms. The SMILES string of the molecule is CCCCNC(=O)CC(=O)N1CCCC1. The lowest BCUT2D eigenvalue weighted by atomic mass is 10.3. The van der Waals surface area contributed by atoms with Crippen molar-refractivity contribution in [3.63, 3.8) is 0 Å². The first-order valence-corrected chi connectivity index (χ1v) is 5.78. The smallest absolute Gasteiger partial charge is 0.232 e. The van der Waals surface area contributed by atoms with E-state index in [1.165, 1.54) is 0 Å². The molecule has 4 nitrogen and oxygen atoms in total. The van der Waals surface area contributed by atoms with Crippen LogP contribution in [-0.4, -0.2) is 36.3 Å². The highest BCUT2D eigenvalue weighted by Crippen LogP contribution is 2.08. The molecule has 1 fully saturated rings. The summed E-state index contributed by atoms with van der Waals surface area (Å²) in [7, 11) is 0. The Balaban J connectivity index is 2.16. The predicted molar refractivity (Wildman–Crippen MR) is 58.3 cm³/mol. The molecule has 2 amide bonds. The first-order chi connectivity index (χ1) is 7.24. The molecule has 86 valence electrons. The van der Waals surface area contributed by atoms with Crippen LogP contribution in [0.4, 0.5) is 0 Å². The lowest BCUT2D eigenvalue weighted by Crippen LogP contribution is -2.34. The summed E-state index contributed by atoms with van der Waals surface area (Å²) in [4.78, 5) is 24.7. The molecular weight excluding hydrogens is 192 g/mol. The second-order valence-electron chi connectivity index (χ2n) is 3.97. The van der Waals surface area contributed by atoms with Gasteiger partial charge >= 0.3 is 0 Å². The summed E-state index contributed by atoms with van der Waals surface area (Å²) in [5.74, 6) is -0.165. The van der Waals surface area contributed by atoms with Crippen molar-refractivity contribution in [2.24, 2.45) is 0 Å². The number of unbranched alkanes of at least 4 members (excludes halogenated alkanes) is 1. The highest BCUT2D eigenvalue weighted by Gasteiger charge is 2.19. The van der Waals surface area contributed by atoms with Gasteiger partial charge in [-0.1, -0.05) is 13.3 Å². The van der Waals surface area contributed by atoms with Crippen molar-refractivity contribution in [1.82, 2.24) is 10.2 Å². The van der Waals surface area contributed by atoms with Crippen LogP contribution in [0.25, 0.3) is 0 Å². The number of amides is 2. The van der Waals surface area contributed by atoms with E-state index in [-0.39, 0.29) is 18.2 Å². The number of carbonyl (C=O) groups is 2. The molecule has 1 rings (SSSR count).